The zero-order valence-corrected chi connectivity index (χ0v) is 13.2. The number of nitrogens with one attached hydrogen (secondary N) is 2. The number of carbonyl (C=O) groups is 1. The van der Waals surface area contributed by atoms with E-state index < -0.39 is 0 Å². The van der Waals surface area contributed by atoms with Crippen LogP contribution >= 0.6 is 23.4 Å². The number of rotatable bonds is 7. The van der Waals surface area contributed by atoms with E-state index in [1.807, 2.05) is 13.0 Å². The summed E-state index contributed by atoms with van der Waals surface area (Å²) in [7, 11) is 0. The minimum atomic E-state index is -0.0771. The molecule has 0 saturated heterocycles. The standard InChI is InChI=1S/C14H21ClN2OS/c1-4-16-13-6-5-11(15)9-12(13)14(18)17-8-7-10(2)19-3/h5-6,9-10,16H,4,7-8H2,1-3H3,(H,17,18). The second-order valence-corrected chi connectivity index (χ2v) is 6.02. The Labute approximate surface area is 124 Å². The Morgan fingerprint density at radius 3 is 2.84 bits per heavy atom. The average molecular weight is 301 g/mol. The van der Waals surface area contributed by atoms with Crippen LogP contribution in [-0.2, 0) is 0 Å². The molecule has 0 heterocycles. The molecule has 1 atom stereocenters. The lowest BCUT2D eigenvalue weighted by Gasteiger charge is -2.13. The minimum Gasteiger partial charge on any atom is -0.385 e. The summed E-state index contributed by atoms with van der Waals surface area (Å²) in [6.45, 7) is 5.60. The zero-order chi connectivity index (χ0) is 14.3. The number of hydrogen-bond acceptors (Lipinski definition) is 3. The quantitative estimate of drug-likeness (QED) is 0.808. The normalized spacial score (nSPS) is 12.0. The van der Waals surface area contributed by atoms with Crippen LogP contribution in [0.1, 0.15) is 30.6 Å². The molecule has 1 rings (SSSR count). The number of thioether (sulfide) groups is 1. The third-order valence-corrected chi connectivity index (χ3v) is 4.11. The Balaban J connectivity index is 2.67. The molecule has 0 spiro atoms. The fourth-order valence-electron chi connectivity index (χ4n) is 1.65. The molecule has 0 radical (unpaired) electrons. The van der Waals surface area contributed by atoms with Gasteiger partial charge in [0, 0.05) is 29.0 Å². The highest BCUT2D eigenvalue weighted by atomic mass is 35.5. The molecule has 2 N–H and O–H groups in total. The lowest BCUT2D eigenvalue weighted by Crippen LogP contribution is -2.26. The fraction of sp³-hybridized carbons (Fsp3) is 0.500. The van der Waals surface area contributed by atoms with Crippen LogP contribution in [0.3, 0.4) is 0 Å². The molecule has 3 nitrogen and oxygen atoms in total. The van der Waals surface area contributed by atoms with Gasteiger partial charge in [0.2, 0.25) is 0 Å². The van der Waals surface area contributed by atoms with Crippen molar-refractivity contribution in [2.24, 2.45) is 0 Å². The molecule has 0 aliphatic rings. The first-order valence-electron chi connectivity index (χ1n) is 6.42. The summed E-state index contributed by atoms with van der Waals surface area (Å²) in [6, 6.07) is 5.32. The van der Waals surface area contributed by atoms with Gasteiger partial charge in [0.15, 0.2) is 0 Å². The third kappa shape index (κ3) is 5.33. The Morgan fingerprint density at radius 2 is 2.21 bits per heavy atom. The van der Waals surface area contributed by atoms with Crippen LogP contribution in [0.2, 0.25) is 5.02 Å². The molecule has 0 bridgehead atoms. The van der Waals surface area contributed by atoms with E-state index in [2.05, 4.69) is 23.8 Å². The number of halogens is 1. The van der Waals surface area contributed by atoms with Gasteiger partial charge in [-0.05, 0) is 37.8 Å². The smallest absolute Gasteiger partial charge is 0.253 e. The van der Waals surface area contributed by atoms with Gasteiger partial charge in [-0.1, -0.05) is 18.5 Å². The maximum absolute atomic E-state index is 12.1. The van der Waals surface area contributed by atoms with E-state index in [-0.39, 0.29) is 5.91 Å². The summed E-state index contributed by atoms with van der Waals surface area (Å²) in [5.41, 5.74) is 1.42. The molecule has 106 valence electrons. The summed E-state index contributed by atoms with van der Waals surface area (Å²) in [5, 5.41) is 7.23. The van der Waals surface area contributed by atoms with Gasteiger partial charge in [0.25, 0.3) is 5.91 Å². The number of amides is 1. The summed E-state index contributed by atoms with van der Waals surface area (Å²) in [6.07, 6.45) is 3.04. The molecule has 0 fully saturated rings. The van der Waals surface area contributed by atoms with Crippen LogP contribution in [0.15, 0.2) is 18.2 Å². The van der Waals surface area contributed by atoms with E-state index in [1.54, 1.807) is 23.9 Å². The lowest BCUT2D eigenvalue weighted by atomic mass is 10.1. The highest BCUT2D eigenvalue weighted by molar-refractivity contribution is 7.99. The van der Waals surface area contributed by atoms with Crippen molar-refractivity contribution in [3.63, 3.8) is 0 Å². The molecular weight excluding hydrogens is 280 g/mol. The maximum Gasteiger partial charge on any atom is 0.253 e. The molecule has 0 aromatic heterocycles. The molecule has 0 aliphatic carbocycles. The van der Waals surface area contributed by atoms with Crippen molar-refractivity contribution in [3.05, 3.63) is 28.8 Å². The van der Waals surface area contributed by atoms with Crippen LogP contribution in [-0.4, -0.2) is 30.5 Å². The van der Waals surface area contributed by atoms with E-state index in [4.69, 9.17) is 11.6 Å². The Morgan fingerprint density at radius 1 is 1.47 bits per heavy atom. The van der Waals surface area contributed by atoms with Crippen LogP contribution in [0.25, 0.3) is 0 Å². The first kappa shape index (κ1) is 16.2. The predicted molar refractivity (Wildman–Crippen MR) is 85.5 cm³/mol. The van der Waals surface area contributed by atoms with Crippen LogP contribution in [0, 0.1) is 0 Å². The lowest BCUT2D eigenvalue weighted by molar-refractivity contribution is 0.0954. The number of hydrogen-bond donors (Lipinski definition) is 2. The van der Waals surface area contributed by atoms with Crippen molar-refractivity contribution in [2.75, 3.05) is 24.7 Å². The van der Waals surface area contributed by atoms with Crippen molar-refractivity contribution >= 4 is 35.0 Å². The van der Waals surface area contributed by atoms with Gasteiger partial charge in [-0.25, -0.2) is 0 Å². The van der Waals surface area contributed by atoms with Gasteiger partial charge in [0.1, 0.15) is 0 Å². The van der Waals surface area contributed by atoms with E-state index >= 15 is 0 Å². The van der Waals surface area contributed by atoms with Gasteiger partial charge in [0.05, 0.1) is 5.56 Å². The van der Waals surface area contributed by atoms with Gasteiger partial charge in [-0.15, -0.1) is 0 Å². The summed E-state index contributed by atoms with van der Waals surface area (Å²) in [5.74, 6) is -0.0771. The summed E-state index contributed by atoms with van der Waals surface area (Å²) < 4.78 is 0. The summed E-state index contributed by atoms with van der Waals surface area (Å²) in [4.78, 5) is 12.1. The number of anilines is 1. The molecule has 0 aliphatic heterocycles. The van der Waals surface area contributed by atoms with Crippen molar-refractivity contribution in [3.8, 4) is 0 Å². The molecular formula is C14H21ClN2OS. The molecule has 1 aromatic rings. The first-order chi connectivity index (χ1) is 9.08. The minimum absolute atomic E-state index is 0.0771. The predicted octanol–water partition coefficient (Wildman–Crippen LogP) is 3.64. The topological polar surface area (TPSA) is 41.1 Å². The zero-order valence-electron chi connectivity index (χ0n) is 11.6. The van der Waals surface area contributed by atoms with Gasteiger partial charge in [-0.2, -0.15) is 11.8 Å². The molecule has 5 heteroatoms. The van der Waals surface area contributed by atoms with Gasteiger partial charge < -0.3 is 10.6 Å². The highest BCUT2D eigenvalue weighted by Gasteiger charge is 2.11. The molecule has 0 saturated carbocycles. The van der Waals surface area contributed by atoms with Crippen LogP contribution in [0.4, 0.5) is 5.69 Å². The van der Waals surface area contributed by atoms with E-state index in [9.17, 15) is 4.79 Å². The first-order valence-corrected chi connectivity index (χ1v) is 8.09. The maximum atomic E-state index is 12.1. The van der Waals surface area contributed by atoms with E-state index in [1.165, 1.54) is 0 Å². The van der Waals surface area contributed by atoms with Crippen molar-refractivity contribution in [2.45, 2.75) is 25.5 Å². The Bertz CT molecular complexity index is 426. The van der Waals surface area contributed by atoms with Gasteiger partial charge >= 0.3 is 0 Å². The van der Waals surface area contributed by atoms with E-state index in [0.717, 1.165) is 18.7 Å². The number of benzene rings is 1. The SMILES string of the molecule is CCNc1ccc(Cl)cc1C(=O)NCCC(C)SC. The molecule has 1 unspecified atom stereocenters. The molecule has 19 heavy (non-hydrogen) atoms. The Hall–Kier alpha value is -0.870. The second kappa shape index (κ2) is 8.33. The van der Waals surface area contributed by atoms with Crippen LogP contribution in [0.5, 0.6) is 0 Å². The largest absolute Gasteiger partial charge is 0.385 e. The van der Waals surface area contributed by atoms with Gasteiger partial charge in [-0.3, -0.25) is 4.79 Å². The van der Waals surface area contributed by atoms with Crippen LogP contribution < -0.4 is 10.6 Å². The van der Waals surface area contributed by atoms with Crippen molar-refractivity contribution in [1.29, 1.82) is 0 Å². The third-order valence-electron chi connectivity index (χ3n) is 2.83. The summed E-state index contributed by atoms with van der Waals surface area (Å²) >= 11 is 7.76. The van der Waals surface area contributed by atoms with Crippen molar-refractivity contribution in [1.82, 2.24) is 5.32 Å². The monoisotopic (exact) mass is 300 g/mol. The molecule has 1 aromatic carbocycles. The fourth-order valence-corrected chi connectivity index (χ4v) is 2.18. The van der Waals surface area contributed by atoms with E-state index in [0.29, 0.717) is 22.4 Å². The second-order valence-electron chi connectivity index (χ2n) is 4.31. The average Bonchev–Trinajstić information content (AvgIpc) is 2.40. The number of carbonyl (C=O) groups excluding carboxylic acids is 1. The van der Waals surface area contributed by atoms with Crippen molar-refractivity contribution < 1.29 is 4.79 Å². The Kier molecular flexibility index (Phi) is 7.10. The highest BCUT2D eigenvalue weighted by Crippen LogP contribution is 2.20. The molecule has 1 amide bonds.